The SMILES string of the molecule is C[NH+](C)Cc1c(C(=O)N/N=C\c2ccccc2[N+](=O)[O-])nnn1-c1nonc1N. The lowest BCUT2D eigenvalue weighted by molar-refractivity contribution is -0.873. The molecule has 14 heteroatoms. The summed E-state index contributed by atoms with van der Waals surface area (Å²) in [7, 11) is 3.74. The van der Waals surface area contributed by atoms with Crippen molar-refractivity contribution in [3.63, 3.8) is 0 Å². The lowest BCUT2D eigenvalue weighted by Gasteiger charge is -2.08. The molecule has 0 aliphatic carbocycles. The number of nitrogens with two attached hydrogens (primary N) is 1. The van der Waals surface area contributed by atoms with E-state index in [1.54, 1.807) is 6.07 Å². The Morgan fingerprint density at radius 2 is 2.17 bits per heavy atom. The van der Waals surface area contributed by atoms with Gasteiger partial charge in [-0.1, -0.05) is 17.3 Å². The number of benzene rings is 1. The molecule has 0 saturated carbocycles. The summed E-state index contributed by atoms with van der Waals surface area (Å²) in [5.41, 5.74) is 8.49. The highest BCUT2D eigenvalue weighted by atomic mass is 16.6. The lowest BCUT2D eigenvalue weighted by Crippen LogP contribution is -3.04. The van der Waals surface area contributed by atoms with Gasteiger partial charge in [-0.3, -0.25) is 14.9 Å². The predicted octanol–water partition coefficient (Wildman–Crippen LogP) is -1.45. The Kier molecular flexibility index (Phi) is 5.54. The number of nitro benzene ring substituents is 1. The first kappa shape index (κ1) is 19.6. The summed E-state index contributed by atoms with van der Waals surface area (Å²) in [4.78, 5) is 24.0. The molecule has 0 atom stereocenters. The standard InChI is InChI=1S/C15H16N10O4/c1-23(2)8-11-12(18-22-24(11)14-13(16)20-29-21-14)15(26)19-17-7-9-5-3-4-6-10(9)25(27)28/h3-7H,8H2,1-2H3,(H2,16,20)(H,19,26)/p+1/b17-7-. The minimum Gasteiger partial charge on any atom is -0.378 e. The van der Waals surface area contributed by atoms with Gasteiger partial charge in [0, 0.05) is 6.07 Å². The molecule has 14 nitrogen and oxygen atoms in total. The molecule has 0 spiro atoms. The quantitative estimate of drug-likeness (QED) is 0.242. The van der Waals surface area contributed by atoms with Gasteiger partial charge in [0.15, 0.2) is 5.69 Å². The number of hydrogen-bond acceptors (Lipinski definition) is 10. The number of rotatable bonds is 7. The van der Waals surface area contributed by atoms with Crippen molar-refractivity contribution in [2.24, 2.45) is 5.10 Å². The number of nitrogens with one attached hydrogen (secondary N) is 2. The second-order valence-electron chi connectivity index (χ2n) is 6.17. The number of nitro groups is 1. The van der Waals surface area contributed by atoms with Crippen LogP contribution in [-0.2, 0) is 6.54 Å². The van der Waals surface area contributed by atoms with E-state index in [1.165, 1.54) is 29.1 Å². The number of carbonyl (C=O) groups is 1. The first-order valence-corrected chi connectivity index (χ1v) is 8.27. The smallest absolute Gasteiger partial charge is 0.294 e. The average Bonchev–Trinajstić information content (AvgIpc) is 3.27. The van der Waals surface area contributed by atoms with E-state index in [9.17, 15) is 14.9 Å². The molecular formula is C15H17N10O4+. The van der Waals surface area contributed by atoms with Gasteiger partial charge < -0.3 is 10.6 Å². The van der Waals surface area contributed by atoms with Crippen LogP contribution in [0.25, 0.3) is 5.82 Å². The summed E-state index contributed by atoms with van der Waals surface area (Å²) in [6.45, 7) is 0.357. The van der Waals surface area contributed by atoms with E-state index in [0.29, 0.717) is 12.2 Å². The summed E-state index contributed by atoms with van der Waals surface area (Å²) in [5.74, 6) is -0.556. The predicted molar refractivity (Wildman–Crippen MR) is 98.3 cm³/mol. The molecule has 0 aliphatic rings. The summed E-state index contributed by atoms with van der Waals surface area (Å²) in [5, 5.41) is 29.8. The van der Waals surface area contributed by atoms with Crippen molar-refractivity contribution in [1.29, 1.82) is 0 Å². The van der Waals surface area contributed by atoms with Crippen LogP contribution < -0.4 is 16.1 Å². The Bertz CT molecular complexity index is 1070. The number of hydrogen-bond donors (Lipinski definition) is 3. The molecule has 150 valence electrons. The maximum atomic E-state index is 12.5. The van der Waals surface area contributed by atoms with E-state index < -0.39 is 10.8 Å². The van der Waals surface area contributed by atoms with Crippen LogP contribution in [0.4, 0.5) is 11.5 Å². The molecule has 0 aliphatic heterocycles. The molecule has 1 aromatic carbocycles. The summed E-state index contributed by atoms with van der Waals surface area (Å²) < 4.78 is 5.84. The minimum absolute atomic E-state index is 0.00619. The van der Waals surface area contributed by atoms with Gasteiger partial charge in [0.2, 0.25) is 11.6 Å². The van der Waals surface area contributed by atoms with E-state index in [1.807, 2.05) is 14.1 Å². The summed E-state index contributed by atoms with van der Waals surface area (Å²) >= 11 is 0. The van der Waals surface area contributed by atoms with Crippen LogP contribution in [0.3, 0.4) is 0 Å². The molecular weight excluding hydrogens is 384 g/mol. The molecule has 29 heavy (non-hydrogen) atoms. The van der Waals surface area contributed by atoms with Crippen LogP contribution in [0.1, 0.15) is 21.7 Å². The van der Waals surface area contributed by atoms with Gasteiger partial charge in [-0.15, -0.1) is 5.10 Å². The van der Waals surface area contributed by atoms with Crippen LogP contribution in [0.15, 0.2) is 34.0 Å². The maximum absolute atomic E-state index is 12.5. The molecule has 3 aromatic rings. The van der Waals surface area contributed by atoms with E-state index in [-0.39, 0.29) is 28.6 Å². The van der Waals surface area contributed by atoms with Crippen molar-refractivity contribution < 1.29 is 19.2 Å². The van der Waals surface area contributed by atoms with Gasteiger partial charge >= 0.3 is 0 Å². The molecule has 0 bridgehead atoms. The number of hydrazone groups is 1. The second-order valence-corrected chi connectivity index (χ2v) is 6.17. The second kappa shape index (κ2) is 8.22. The summed E-state index contributed by atoms with van der Waals surface area (Å²) in [6.07, 6.45) is 1.18. The molecule has 1 amide bonds. The Labute approximate surface area is 163 Å². The zero-order valence-corrected chi connectivity index (χ0v) is 15.4. The van der Waals surface area contributed by atoms with Crippen LogP contribution in [0, 0.1) is 10.1 Å². The fourth-order valence-electron chi connectivity index (χ4n) is 2.46. The third-order valence-corrected chi connectivity index (χ3v) is 3.70. The number of nitrogens with zero attached hydrogens (tertiary/aromatic N) is 7. The number of anilines is 1. The number of para-hydroxylation sites is 1. The minimum atomic E-state index is -0.655. The van der Waals surface area contributed by atoms with Gasteiger partial charge in [-0.2, -0.15) is 9.78 Å². The number of nitrogen functional groups attached to an aromatic ring is 1. The zero-order chi connectivity index (χ0) is 21.0. The number of aromatic nitrogens is 5. The van der Waals surface area contributed by atoms with Crippen molar-refractivity contribution >= 4 is 23.6 Å². The highest BCUT2D eigenvalue weighted by molar-refractivity contribution is 5.94. The summed E-state index contributed by atoms with van der Waals surface area (Å²) in [6, 6.07) is 6.00. The Morgan fingerprint density at radius 1 is 1.41 bits per heavy atom. The van der Waals surface area contributed by atoms with E-state index in [0.717, 1.165) is 4.90 Å². The fourth-order valence-corrected chi connectivity index (χ4v) is 2.46. The third-order valence-electron chi connectivity index (χ3n) is 3.70. The first-order chi connectivity index (χ1) is 13.9. The molecule has 0 unspecified atom stereocenters. The van der Waals surface area contributed by atoms with E-state index in [4.69, 9.17) is 5.73 Å². The topological polar surface area (TPSA) is 185 Å². The van der Waals surface area contributed by atoms with Gasteiger partial charge in [-0.05, 0) is 16.4 Å². The fraction of sp³-hybridized carbons (Fsp3) is 0.200. The lowest BCUT2D eigenvalue weighted by atomic mass is 10.2. The molecule has 0 radical (unpaired) electrons. The highest BCUT2D eigenvalue weighted by Crippen LogP contribution is 2.16. The molecule has 3 rings (SSSR count). The molecule has 4 N–H and O–H groups in total. The monoisotopic (exact) mass is 401 g/mol. The Hall–Kier alpha value is -4.20. The average molecular weight is 401 g/mol. The zero-order valence-electron chi connectivity index (χ0n) is 15.4. The van der Waals surface area contributed by atoms with Crippen molar-refractivity contribution in [3.05, 3.63) is 51.3 Å². The van der Waals surface area contributed by atoms with Crippen LogP contribution in [0.2, 0.25) is 0 Å². The third kappa shape index (κ3) is 4.22. The number of amides is 1. The van der Waals surface area contributed by atoms with Gasteiger partial charge in [0.05, 0.1) is 30.8 Å². The van der Waals surface area contributed by atoms with Gasteiger partial charge in [0.1, 0.15) is 12.2 Å². The van der Waals surface area contributed by atoms with Crippen molar-refractivity contribution in [3.8, 4) is 5.82 Å². The number of carbonyl (C=O) groups excluding carboxylic acids is 1. The Morgan fingerprint density at radius 3 is 2.83 bits per heavy atom. The molecule has 0 fully saturated rings. The van der Waals surface area contributed by atoms with Crippen molar-refractivity contribution in [1.82, 2.24) is 30.7 Å². The van der Waals surface area contributed by atoms with Crippen molar-refractivity contribution in [2.75, 3.05) is 19.8 Å². The first-order valence-electron chi connectivity index (χ1n) is 8.27. The van der Waals surface area contributed by atoms with E-state index >= 15 is 0 Å². The van der Waals surface area contributed by atoms with Gasteiger partial charge in [0.25, 0.3) is 11.6 Å². The normalized spacial score (nSPS) is 11.3. The maximum Gasteiger partial charge on any atom is 0.294 e. The number of quaternary nitrogens is 1. The largest absolute Gasteiger partial charge is 0.378 e. The van der Waals surface area contributed by atoms with Crippen LogP contribution in [0.5, 0.6) is 0 Å². The Balaban J connectivity index is 1.85. The van der Waals surface area contributed by atoms with Crippen molar-refractivity contribution in [2.45, 2.75) is 6.54 Å². The molecule has 2 heterocycles. The highest BCUT2D eigenvalue weighted by Gasteiger charge is 2.25. The van der Waals surface area contributed by atoms with Crippen LogP contribution >= 0.6 is 0 Å². The van der Waals surface area contributed by atoms with Crippen LogP contribution in [-0.4, -0.2) is 56.4 Å². The van der Waals surface area contributed by atoms with E-state index in [2.05, 4.69) is 35.8 Å². The van der Waals surface area contributed by atoms with Gasteiger partial charge in [-0.25, -0.2) is 10.1 Å². The molecule has 0 saturated heterocycles. The molecule has 2 aromatic heterocycles.